The number of carbonyl (C=O) groups excluding carboxylic acids is 1. The van der Waals surface area contributed by atoms with Crippen LogP contribution in [-0.4, -0.2) is 45.6 Å². The largest absolute Gasteiger partial charge is 0.355 e. The van der Waals surface area contributed by atoms with Gasteiger partial charge in [-0.15, -0.1) is 10.2 Å². The van der Waals surface area contributed by atoms with Crippen LogP contribution in [0.25, 0.3) is 0 Å². The van der Waals surface area contributed by atoms with Crippen LogP contribution in [-0.2, 0) is 4.79 Å². The standard InChI is InChI=1S/C15H25N5OS/c1-3-16-13(21)11(2)22-15-18-17-14(20(15)12-7-8-12)19-9-5-4-6-10-19/h11-12H,3-10H2,1-2H3,(H,16,21). The van der Waals surface area contributed by atoms with Crippen molar-refractivity contribution in [2.24, 2.45) is 0 Å². The first-order chi connectivity index (χ1) is 10.7. The van der Waals surface area contributed by atoms with Crippen molar-refractivity contribution in [2.45, 2.75) is 62.4 Å². The van der Waals surface area contributed by atoms with Gasteiger partial charge in [-0.2, -0.15) is 0 Å². The Morgan fingerprint density at radius 2 is 2.05 bits per heavy atom. The lowest BCUT2D eigenvalue weighted by Gasteiger charge is -2.28. The molecule has 0 spiro atoms. The van der Waals surface area contributed by atoms with Crippen molar-refractivity contribution in [1.82, 2.24) is 20.1 Å². The van der Waals surface area contributed by atoms with E-state index in [1.165, 1.54) is 43.9 Å². The Labute approximate surface area is 136 Å². The van der Waals surface area contributed by atoms with Gasteiger partial charge < -0.3 is 10.2 Å². The molecule has 0 aromatic carbocycles. The van der Waals surface area contributed by atoms with Gasteiger partial charge in [0.05, 0.1) is 5.25 Å². The van der Waals surface area contributed by atoms with Crippen LogP contribution in [0.5, 0.6) is 0 Å². The summed E-state index contributed by atoms with van der Waals surface area (Å²) in [6, 6.07) is 0.524. The first-order valence-corrected chi connectivity index (χ1v) is 9.23. The summed E-state index contributed by atoms with van der Waals surface area (Å²) in [7, 11) is 0. The van der Waals surface area contributed by atoms with Crippen molar-refractivity contribution < 1.29 is 4.79 Å². The molecule has 1 aromatic rings. The highest BCUT2D eigenvalue weighted by atomic mass is 32.2. The molecule has 2 fully saturated rings. The third-order valence-corrected chi connectivity index (χ3v) is 5.26. The molecule has 1 aromatic heterocycles. The van der Waals surface area contributed by atoms with E-state index in [9.17, 15) is 4.79 Å². The summed E-state index contributed by atoms with van der Waals surface area (Å²) >= 11 is 1.52. The van der Waals surface area contributed by atoms with E-state index < -0.39 is 0 Å². The molecule has 1 amide bonds. The zero-order valence-electron chi connectivity index (χ0n) is 13.4. The number of aromatic nitrogens is 3. The van der Waals surface area contributed by atoms with Crippen molar-refractivity contribution in [3.63, 3.8) is 0 Å². The number of hydrogen-bond acceptors (Lipinski definition) is 5. The minimum atomic E-state index is -0.143. The van der Waals surface area contributed by atoms with E-state index in [-0.39, 0.29) is 11.2 Å². The summed E-state index contributed by atoms with van der Waals surface area (Å²) in [5.74, 6) is 1.07. The molecular weight excluding hydrogens is 298 g/mol. The van der Waals surface area contributed by atoms with Gasteiger partial charge in [0.2, 0.25) is 11.9 Å². The number of anilines is 1. The van der Waals surface area contributed by atoms with Gasteiger partial charge in [-0.25, -0.2) is 0 Å². The van der Waals surface area contributed by atoms with E-state index in [1.54, 1.807) is 0 Å². The lowest BCUT2D eigenvalue weighted by molar-refractivity contribution is -0.120. The SMILES string of the molecule is CCNC(=O)C(C)Sc1nnc(N2CCCCC2)n1C1CC1. The smallest absolute Gasteiger partial charge is 0.233 e. The van der Waals surface area contributed by atoms with Gasteiger partial charge in [0.25, 0.3) is 0 Å². The van der Waals surface area contributed by atoms with E-state index in [2.05, 4.69) is 25.0 Å². The summed E-state index contributed by atoms with van der Waals surface area (Å²) in [4.78, 5) is 14.3. The monoisotopic (exact) mass is 323 g/mol. The predicted octanol–water partition coefficient (Wildman–Crippen LogP) is 2.22. The average molecular weight is 323 g/mol. The molecule has 1 saturated heterocycles. The van der Waals surface area contributed by atoms with Crippen molar-refractivity contribution in [2.75, 3.05) is 24.5 Å². The van der Waals surface area contributed by atoms with Gasteiger partial charge in [-0.05, 0) is 46.0 Å². The fourth-order valence-corrected chi connectivity index (χ4v) is 3.78. The first-order valence-electron chi connectivity index (χ1n) is 8.35. The Bertz CT molecular complexity index is 522. The number of amides is 1. The number of piperidine rings is 1. The highest BCUT2D eigenvalue weighted by Crippen LogP contribution is 2.41. The zero-order chi connectivity index (χ0) is 15.5. The Hall–Kier alpha value is -1.24. The minimum absolute atomic E-state index is 0.0670. The number of carbonyl (C=O) groups is 1. The van der Waals surface area contributed by atoms with E-state index >= 15 is 0 Å². The molecule has 1 N–H and O–H groups in total. The molecule has 2 aliphatic rings. The molecule has 7 heteroatoms. The maximum atomic E-state index is 12.0. The van der Waals surface area contributed by atoms with Crippen molar-refractivity contribution >= 4 is 23.6 Å². The van der Waals surface area contributed by atoms with E-state index in [1.807, 2.05) is 13.8 Å². The minimum Gasteiger partial charge on any atom is -0.355 e. The molecule has 1 aliphatic heterocycles. The zero-order valence-corrected chi connectivity index (χ0v) is 14.2. The third kappa shape index (κ3) is 3.39. The second-order valence-electron chi connectivity index (χ2n) is 6.09. The third-order valence-electron chi connectivity index (χ3n) is 4.20. The summed E-state index contributed by atoms with van der Waals surface area (Å²) in [6.07, 6.45) is 6.17. The van der Waals surface area contributed by atoms with Gasteiger partial charge in [0.15, 0.2) is 5.16 Å². The van der Waals surface area contributed by atoms with Crippen molar-refractivity contribution in [3.05, 3.63) is 0 Å². The molecular formula is C15H25N5OS. The highest BCUT2D eigenvalue weighted by Gasteiger charge is 2.33. The predicted molar refractivity (Wildman–Crippen MR) is 88.4 cm³/mol. The van der Waals surface area contributed by atoms with Crippen LogP contribution in [0.4, 0.5) is 5.95 Å². The molecule has 22 heavy (non-hydrogen) atoms. The van der Waals surface area contributed by atoms with Crippen molar-refractivity contribution in [1.29, 1.82) is 0 Å². The van der Waals surface area contributed by atoms with Crippen LogP contribution in [0.15, 0.2) is 5.16 Å². The maximum absolute atomic E-state index is 12.0. The number of hydrogen-bond donors (Lipinski definition) is 1. The summed E-state index contributed by atoms with van der Waals surface area (Å²) in [6.45, 7) is 6.68. The fraction of sp³-hybridized carbons (Fsp3) is 0.800. The van der Waals surface area contributed by atoms with Crippen LogP contribution in [0.1, 0.15) is 52.0 Å². The van der Waals surface area contributed by atoms with Gasteiger partial charge in [-0.1, -0.05) is 11.8 Å². The first kappa shape index (κ1) is 15.6. The van der Waals surface area contributed by atoms with Crippen molar-refractivity contribution in [3.8, 4) is 0 Å². The van der Waals surface area contributed by atoms with Crippen LogP contribution in [0.2, 0.25) is 0 Å². The second-order valence-corrected chi connectivity index (χ2v) is 7.39. The number of nitrogens with zero attached hydrogens (tertiary/aromatic N) is 4. The van der Waals surface area contributed by atoms with Gasteiger partial charge in [-0.3, -0.25) is 9.36 Å². The summed E-state index contributed by atoms with van der Waals surface area (Å²) < 4.78 is 2.27. The molecule has 0 bridgehead atoms. The molecule has 0 radical (unpaired) electrons. The van der Waals surface area contributed by atoms with E-state index in [4.69, 9.17) is 0 Å². The number of thioether (sulfide) groups is 1. The van der Waals surface area contributed by atoms with Gasteiger partial charge in [0.1, 0.15) is 0 Å². The topological polar surface area (TPSA) is 63.1 Å². The Kier molecular flexibility index (Phi) is 4.90. The Balaban J connectivity index is 1.76. The summed E-state index contributed by atoms with van der Waals surface area (Å²) in [5, 5.41) is 12.5. The van der Waals surface area contributed by atoms with E-state index in [0.29, 0.717) is 12.6 Å². The van der Waals surface area contributed by atoms with E-state index in [0.717, 1.165) is 24.2 Å². The lowest BCUT2D eigenvalue weighted by atomic mass is 10.1. The molecule has 1 unspecified atom stereocenters. The summed E-state index contributed by atoms with van der Waals surface area (Å²) in [5.41, 5.74) is 0. The molecule has 2 heterocycles. The number of rotatable bonds is 6. The van der Waals surface area contributed by atoms with Crippen LogP contribution < -0.4 is 10.2 Å². The molecule has 122 valence electrons. The molecule has 1 aliphatic carbocycles. The molecule has 1 atom stereocenters. The Morgan fingerprint density at radius 3 is 2.68 bits per heavy atom. The van der Waals surface area contributed by atoms with Gasteiger partial charge >= 0.3 is 0 Å². The van der Waals surface area contributed by atoms with Crippen LogP contribution >= 0.6 is 11.8 Å². The molecule has 6 nitrogen and oxygen atoms in total. The van der Waals surface area contributed by atoms with Crippen LogP contribution in [0, 0.1) is 0 Å². The average Bonchev–Trinajstić information content (AvgIpc) is 3.29. The maximum Gasteiger partial charge on any atom is 0.233 e. The lowest BCUT2D eigenvalue weighted by Crippen LogP contribution is -2.32. The Morgan fingerprint density at radius 1 is 1.32 bits per heavy atom. The quantitative estimate of drug-likeness (QED) is 0.813. The fourth-order valence-electron chi connectivity index (χ4n) is 2.84. The molecule has 3 rings (SSSR count). The van der Waals surface area contributed by atoms with Crippen LogP contribution in [0.3, 0.4) is 0 Å². The normalized spacial score (nSPS) is 20.0. The van der Waals surface area contributed by atoms with Gasteiger partial charge in [0, 0.05) is 25.7 Å². The highest BCUT2D eigenvalue weighted by molar-refractivity contribution is 8.00. The number of nitrogens with one attached hydrogen (secondary N) is 1. The molecule has 1 saturated carbocycles. The second kappa shape index (κ2) is 6.89.